The van der Waals surface area contributed by atoms with Crippen molar-refractivity contribution in [2.75, 3.05) is 0 Å². The third kappa shape index (κ3) is 4.75. The molecule has 33 heavy (non-hydrogen) atoms. The standard InChI is InChI=1S/C29H26N2O2/c32-29(30-19-24-14-9-17-33-24)18-26(23-12-5-2-6-13-23)27-21-31(20-22-10-3-1-4-11-22)28-16-8-7-15-25(27)28/h1-17,21,26H,18-20H2,(H,30,32). The second kappa shape index (κ2) is 9.61. The number of hydrogen-bond acceptors (Lipinski definition) is 2. The summed E-state index contributed by atoms with van der Waals surface area (Å²) in [4.78, 5) is 13.0. The number of benzene rings is 3. The van der Waals surface area contributed by atoms with Crippen LogP contribution < -0.4 is 5.32 Å². The number of amides is 1. The summed E-state index contributed by atoms with van der Waals surface area (Å²) in [5, 5.41) is 4.19. The van der Waals surface area contributed by atoms with Crippen molar-refractivity contribution in [1.82, 2.24) is 9.88 Å². The van der Waals surface area contributed by atoms with Crippen molar-refractivity contribution in [3.8, 4) is 0 Å². The number of nitrogens with one attached hydrogen (secondary N) is 1. The largest absolute Gasteiger partial charge is 0.467 e. The van der Waals surface area contributed by atoms with E-state index in [1.165, 1.54) is 22.0 Å². The van der Waals surface area contributed by atoms with Gasteiger partial charge in [0.15, 0.2) is 0 Å². The summed E-state index contributed by atoms with van der Waals surface area (Å²) in [7, 11) is 0. The van der Waals surface area contributed by atoms with Gasteiger partial charge in [0.2, 0.25) is 5.91 Å². The summed E-state index contributed by atoms with van der Waals surface area (Å²) in [5.74, 6) is 0.698. The fourth-order valence-corrected chi connectivity index (χ4v) is 4.41. The molecule has 0 saturated heterocycles. The van der Waals surface area contributed by atoms with Gasteiger partial charge in [-0.15, -0.1) is 0 Å². The molecule has 3 aromatic carbocycles. The lowest BCUT2D eigenvalue weighted by atomic mass is 9.88. The Morgan fingerprint density at radius 1 is 0.848 bits per heavy atom. The van der Waals surface area contributed by atoms with Crippen LogP contribution in [-0.2, 0) is 17.9 Å². The third-order valence-corrected chi connectivity index (χ3v) is 6.02. The molecule has 0 aliphatic heterocycles. The lowest BCUT2D eigenvalue weighted by Crippen LogP contribution is -2.24. The van der Waals surface area contributed by atoms with E-state index in [1.807, 2.05) is 36.4 Å². The molecule has 1 unspecified atom stereocenters. The van der Waals surface area contributed by atoms with E-state index < -0.39 is 0 Å². The summed E-state index contributed by atoms with van der Waals surface area (Å²) in [6.45, 7) is 1.18. The summed E-state index contributed by atoms with van der Waals surface area (Å²) < 4.78 is 7.65. The van der Waals surface area contributed by atoms with Gasteiger partial charge < -0.3 is 14.3 Å². The Labute approximate surface area is 193 Å². The molecule has 5 rings (SSSR count). The summed E-state index contributed by atoms with van der Waals surface area (Å²) >= 11 is 0. The first-order valence-electron chi connectivity index (χ1n) is 11.2. The molecule has 0 fully saturated rings. The Balaban J connectivity index is 1.49. The highest BCUT2D eigenvalue weighted by Crippen LogP contribution is 2.35. The summed E-state index contributed by atoms with van der Waals surface area (Å²) in [6.07, 6.45) is 4.20. The van der Waals surface area contributed by atoms with E-state index in [0.29, 0.717) is 13.0 Å². The third-order valence-electron chi connectivity index (χ3n) is 6.02. The van der Waals surface area contributed by atoms with E-state index in [2.05, 4.69) is 76.7 Å². The molecule has 4 nitrogen and oxygen atoms in total. The number of fused-ring (bicyclic) bond motifs is 1. The Morgan fingerprint density at radius 2 is 1.58 bits per heavy atom. The molecule has 0 aliphatic rings. The van der Waals surface area contributed by atoms with Crippen LogP contribution in [0.25, 0.3) is 10.9 Å². The SMILES string of the molecule is O=C(CC(c1ccccc1)c1cn(Cc2ccccc2)c2ccccc12)NCc1ccco1. The topological polar surface area (TPSA) is 47.2 Å². The van der Waals surface area contributed by atoms with Gasteiger partial charge in [-0.3, -0.25) is 4.79 Å². The quantitative estimate of drug-likeness (QED) is 0.320. The van der Waals surface area contributed by atoms with Crippen molar-refractivity contribution in [1.29, 1.82) is 0 Å². The van der Waals surface area contributed by atoms with Gasteiger partial charge in [-0.1, -0.05) is 78.9 Å². The van der Waals surface area contributed by atoms with Gasteiger partial charge in [0.05, 0.1) is 12.8 Å². The van der Waals surface area contributed by atoms with E-state index in [1.54, 1.807) is 6.26 Å². The van der Waals surface area contributed by atoms with E-state index in [-0.39, 0.29) is 11.8 Å². The predicted octanol–water partition coefficient (Wildman–Crippen LogP) is 6.12. The average Bonchev–Trinajstić information content (AvgIpc) is 3.51. The Morgan fingerprint density at radius 3 is 2.33 bits per heavy atom. The van der Waals surface area contributed by atoms with Crippen LogP contribution in [0.2, 0.25) is 0 Å². The highest BCUT2D eigenvalue weighted by molar-refractivity contribution is 5.86. The molecule has 1 N–H and O–H groups in total. The highest BCUT2D eigenvalue weighted by Gasteiger charge is 2.22. The smallest absolute Gasteiger partial charge is 0.221 e. The average molecular weight is 435 g/mol. The zero-order chi connectivity index (χ0) is 22.5. The molecular weight excluding hydrogens is 408 g/mol. The summed E-state index contributed by atoms with van der Waals surface area (Å²) in [6, 6.07) is 32.9. The number of rotatable bonds is 8. The van der Waals surface area contributed by atoms with E-state index in [4.69, 9.17) is 4.42 Å². The number of para-hydroxylation sites is 1. The Hall–Kier alpha value is -4.05. The maximum absolute atomic E-state index is 13.0. The van der Waals surface area contributed by atoms with Gasteiger partial charge in [0, 0.05) is 36.0 Å². The lowest BCUT2D eigenvalue weighted by molar-refractivity contribution is -0.121. The monoisotopic (exact) mass is 434 g/mol. The van der Waals surface area contributed by atoms with Crippen molar-refractivity contribution in [2.45, 2.75) is 25.4 Å². The molecule has 0 saturated carbocycles. The lowest BCUT2D eigenvalue weighted by Gasteiger charge is -2.17. The zero-order valence-electron chi connectivity index (χ0n) is 18.4. The molecule has 0 radical (unpaired) electrons. The molecular formula is C29H26N2O2. The number of carbonyl (C=O) groups excluding carboxylic acids is 1. The van der Waals surface area contributed by atoms with Crippen LogP contribution in [0.1, 0.15) is 34.8 Å². The van der Waals surface area contributed by atoms with Crippen molar-refractivity contribution >= 4 is 16.8 Å². The van der Waals surface area contributed by atoms with E-state index in [9.17, 15) is 4.79 Å². The van der Waals surface area contributed by atoms with Crippen LogP contribution in [-0.4, -0.2) is 10.5 Å². The van der Waals surface area contributed by atoms with Crippen LogP contribution in [0.3, 0.4) is 0 Å². The van der Waals surface area contributed by atoms with Crippen LogP contribution in [0, 0.1) is 0 Å². The van der Waals surface area contributed by atoms with Crippen LogP contribution in [0.15, 0.2) is 114 Å². The zero-order valence-corrected chi connectivity index (χ0v) is 18.4. The highest BCUT2D eigenvalue weighted by atomic mass is 16.3. The molecule has 0 bridgehead atoms. The van der Waals surface area contributed by atoms with Crippen molar-refractivity contribution in [3.05, 3.63) is 132 Å². The molecule has 0 spiro atoms. The second-order valence-electron chi connectivity index (χ2n) is 8.24. The maximum atomic E-state index is 13.0. The van der Waals surface area contributed by atoms with Crippen LogP contribution in [0.5, 0.6) is 0 Å². The predicted molar refractivity (Wildman–Crippen MR) is 131 cm³/mol. The van der Waals surface area contributed by atoms with Crippen molar-refractivity contribution < 1.29 is 9.21 Å². The van der Waals surface area contributed by atoms with Crippen LogP contribution in [0.4, 0.5) is 0 Å². The van der Waals surface area contributed by atoms with Gasteiger partial charge >= 0.3 is 0 Å². The molecule has 2 aromatic heterocycles. The molecule has 2 heterocycles. The Kier molecular flexibility index (Phi) is 6.07. The number of carbonyl (C=O) groups is 1. The second-order valence-corrected chi connectivity index (χ2v) is 8.24. The molecule has 1 amide bonds. The number of hydrogen-bond donors (Lipinski definition) is 1. The van der Waals surface area contributed by atoms with Gasteiger partial charge in [0.1, 0.15) is 5.76 Å². The first-order valence-corrected chi connectivity index (χ1v) is 11.2. The van der Waals surface area contributed by atoms with Gasteiger partial charge in [-0.2, -0.15) is 0 Å². The molecule has 5 aromatic rings. The first kappa shape index (κ1) is 20.8. The van der Waals surface area contributed by atoms with Gasteiger partial charge in [-0.25, -0.2) is 0 Å². The molecule has 0 aliphatic carbocycles. The van der Waals surface area contributed by atoms with Gasteiger partial charge in [-0.05, 0) is 34.9 Å². The molecule has 164 valence electrons. The van der Waals surface area contributed by atoms with Crippen molar-refractivity contribution in [3.63, 3.8) is 0 Å². The minimum atomic E-state index is -0.0512. The van der Waals surface area contributed by atoms with E-state index >= 15 is 0 Å². The van der Waals surface area contributed by atoms with E-state index in [0.717, 1.165) is 17.9 Å². The summed E-state index contributed by atoms with van der Waals surface area (Å²) in [5.41, 5.74) is 4.72. The molecule has 4 heteroatoms. The van der Waals surface area contributed by atoms with Gasteiger partial charge in [0.25, 0.3) is 0 Å². The number of aromatic nitrogens is 1. The minimum absolute atomic E-state index is 0.000133. The fraction of sp³-hybridized carbons (Fsp3) is 0.138. The van der Waals surface area contributed by atoms with Crippen LogP contribution >= 0.6 is 0 Å². The first-order chi connectivity index (χ1) is 16.3. The minimum Gasteiger partial charge on any atom is -0.467 e. The normalized spacial score (nSPS) is 12.0. The van der Waals surface area contributed by atoms with Crippen molar-refractivity contribution in [2.24, 2.45) is 0 Å². The number of furan rings is 1. The fourth-order valence-electron chi connectivity index (χ4n) is 4.41. The molecule has 1 atom stereocenters. The maximum Gasteiger partial charge on any atom is 0.221 e. The number of nitrogens with zero attached hydrogens (tertiary/aromatic N) is 1. The Bertz CT molecular complexity index is 1320.